The molecule has 0 bridgehead atoms. The average molecular weight is 687 g/mol. The molecule has 0 aliphatic rings. The Morgan fingerprint density at radius 2 is 0.593 bits per heavy atom. The van der Waals surface area contributed by atoms with Crippen LogP contribution in [0.5, 0.6) is 0 Å². The van der Waals surface area contributed by atoms with E-state index in [0.29, 0.717) is 5.82 Å². The summed E-state index contributed by atoms with van der Waals surface area (Å²) >= 11 is 0. The van der Waals surface area contributed by atoms with Crippen molar-refractivity contribution in [1.82, 2.24) is 9.97 Å². The molecule has 0 N–H and O–H groups in total. The second kappa shape index (κ2) is 13.4. The first kappa shape index (κ1) is 31.6. The summed E-state index contributed by atoms with van der Waals surface area (Å²) in [6.45, 7) is 0. The molecule has 2 nitrogen and oxygen atoms in total. The van der Waals surface area contributed by atoms with Gasteiger partial charge < -0.3 is 0 Å². The van der Waals surface area contributed by atoms with Crippen LogP contribution in [0.3, 0.4) is 0 Å². The Kier molecular flexibility index (Phi) is 7.85. The van der Waals surface area contributed by atoms with Crippen LogP contribution in [0, 0.1) is 0 Å². The predicted molar refractivity (Wildman–Crippen MR) is 227 cm³/mol. The molecule has 0 aliphatic heterocycles. The number of aromatic nitrogens is 2. The van der Waals surface area contributed by atoms with E-state index in [9.17, 15) is 0 Å². The minimum atomic E-state index is 0.706. The van der Waals surface area contributed by atoms with Gasteiger partial charge in [-0.25, -0.2) is 9.97 Å². The van der Waals surface area contributed by atoms with E-state index >= 15 is 0 Å². The lowest BCUT2D eigenvalue weighted by atomic mass is 9.90. The first-order valence-corrected chi connectivity index (χ1v) is 18.4. The van der Waals surface area contributed by atoms with Crippen LogP contribution in [0.1, 0.15) is 0 Å². The zero-order valence-electron chi connectivity index (χ0n) is 29.5. The second-order valence-corrected chi connectivity index (χ2v) is 13.8. The molecule has 54 heavy (non-hydrogen) atoms. The van der Waals surface area contributed by atoms with Crippen LogP contribution in [0.15, 0.2) is 206 Å². The topological polar surface area (TPSA) is 25.8 Å². The fraction of sp³-hybridized carbons (Fsp3) is 0. The van der Waals surface area contributed by atoms with Gasteiger partial charge in [0, 0.05) is 16.7 Å². The minimum absolute atomic E-state index is 0.706. The van der Waals surface area contributed by atoms with E-state index in [4.69, 9.17) is 9.97 Å². The Hall–Kier alpha value is -7.16. The smallest absolute Gasteiger partial charge is 0.160 e. The maximum Gasteiger partial charge on any atom is 0.160 e. The zero-order valence-corrected chi connectivity index (χ0v) is 29.5. The first-order chi connectivity index (χ1) is 26.7. The predicted octanol–water partition coefficient (Wildman–Crippen LogP) is 13.9. The van der Waals surface area contributed by atoms with Crippen molar-refractivity contribution in [2.45, 2.75) is 0 Å². The monoisotopic (exact) mass is 686 g/mol. The van der Waals surface area contributed by atoms with Crippen molar-refractivity contribution in [2.75, 3.05) is 0 Å². The van der Waals surface area contributed by atoms with E-state index in [1.807, 2.05) is 24.3 Å². The average Bonchev–Trinajstić information content (AvgIpc) is 3.27. The molecule has 1 heterocycles. The summed E-state index contributed by atoms with van der Waals surface area (Å²) in [5.41, 5.74) is 11.8. The van der Waals surface area contributed by atoms with Crippen molar-refractivity contribution in [2.24, 2.45) is 0 Å². The van der Waals surface area contributed by atoms with Crippen LogP contribution in [-0.2, 0) is 0 Å². The maximum atomic E-state index is 5.20. The fourth-order valence-corrected chi connectivity index (χ4v) is 7.77. The van der Waals surface area contributed by atoms with Gasteiger partial charge in [-0.15, -0.1) is 0 Å². The van der Waals surface area contributed by atoms with Crippen LogP contribution in [0.25, 0.3) is 99.6 Å². The molecule has 10 rings (SSSR count). The highest BCUT2D eigenvalue weighted by Gasteiger charge is 2.15. The van der Waals surface area contributed by atoms with Gasteiger partial charge >= 0.3 is 0 Å². The summed E-state index contributed by atoms with van der Waals surface area (Å²) in [4.78, 5) is 10.3. The third kappa shape index (κ3) is 5.81. The van der Waals surface area contributed by atoms with Gasteiger partial charge in [-0.05, 0) is 102 Å². The van der Waals surface area contributed by atoms with Crippen molar-refractivity contribution < 1.29 is 0 Å². The molecule has 0 amide bonds. The molecular weight excluding hydrogens is 653 g/mol. The third-order valence-electron chi connectivity index (χ3n) is 10.4. The molecule has 0 fully saturated rings. The van der Waals surface area contributed by atoms with Crippen molar-refractivity contribution in [3.8, 4) is 67.3 Å². The van der Waals surface area contributed by atoms with Gasteiger partial charge in [0.25, 0.3) is 0 Å². The standard InChI is InChI=1S/C52H34N2/c1-4-15-35(16-5-1)41-30-42(32-43(31-41)51-34-50(36-17-6-2-7-18-36)53-52(54-51)37-19-8-3-9-20-37)39-22-14-21-38(29-39)40-27-28-48-46-25-11-10-23-44(46)45-24-12-13-26-47(45)49(48)33-40/h1-34H. The number of benzene rings is 9. The van der Waals surface area contributed by atoms with Crippen LogP contribution in [0.2, 0.25) is 0 Å². The van der Waals surface area contributed by atoms with Crippen molar-refractivity contribution >= 4 is 32.3 Å². The first-order valence-electron chi connectivity index (χ1n) is 18.4. The Morgan fingerprint density at radius 1 is 0.204 bits per heavy atom. The number of rotatable bonds is 6. The number of fused-ring (bicyclic) bond motifs is 6. The van der Waals surface area contributed by atoms with Crippen LogP contribution in [-0.4, -0.2) is 9.97 Å². The SMILES string of the molecule is c1ccc(-c2cc(-c3cccc(-c4ccc5c6ccccc6c6ccccc6c5c4)c3)cc(-c3cc(-c4ccccc4)nc(-c4ccccc4)n3)c2)cc1. The quantitative estimate of drug-likeness (QED) is 0.163. The molecule has 0 radical (unpaired) electrons. The van der Waals surface area contributed by atoms with Gasteiger partial charge in [0.05, 0.1) is 11.4 Å². The highest BCUT2D eigenvalue weighted by Crippen LogP contribution is 2.39. The summed E-state index contributed by atoms with van der Waals surface area (Å²) in [7, 11) is 0. The molecule has 0 saturated heterocycles. The minimum Gasteiger partial charge on any atom is -0.228 e. The number of hydrogen-bond acceptors (Lipinski definition) is 2. The number of hydrogen-bond donors (Lipinski definition) is 0. The molecule has 0 unspecified atom stereocenters. The molecular formula is C52H34N2. The summed E-state index contributed by atoms with van der Waals surface area (Å²) < 4.78 is 0. The van der Waals surface area contributed by atoms with E-state index in [1.54, 1.807) is 0 Å². The Labute approximate surface area is 314 Å². The normalized spacial score (nSPS) is 11.3. The zero-order chi connectivity index (χ0) is 35.8. The van der Waals surface area contributed by atoms with E-state index in [2.05, 4.69) is 182 Å². The van der Waals surface area contributed by atoms with Crippen LogP contribution >= 0.6 is 0 Å². The summed E-state index contributed by atoms with van der Waals surface area (Å²) in [6, 6.07) is 73.6. The molecule has 9 aromatic carbocycles. The Morgan fingerprint density at radius 3 is 1.20 bits per heavy atom. The van der Waals surface area contributed by atoms with Gasteiger partial charge in [-0.3, -0.25) is 0 Å². The van der Waals surface area contributed by atoms with Gasteiger partial charge in [0.15, 0.2) is 5.82 Å². The van der Waals surface area contributed by atoms with E-state index in [-0.39, 0.29) is 0 Å². The second-order valence-electron chi connectivity index (χ2n) is 13.8. The molecule has 10 aromatic rings. The fourth-order valence-electron chi connectivity index (χ4n) is 7.77. The summed E-state index contributed by atoms with van der Waals surface area (Å²) in [6.07, 6.45) is 0. The molecule has 0 saturated carbocycles. The van der Waals surface area contributed by atoms with Gasteiger partial charge in [0.1, 0.15) is 0 Å². The molecule has 1 aromatic heterocycles. The lowest BCUT2D eigenvalue weighted by Crippen LogP contribution is -1.96. The van der Waals surface area contributed by atoms with Crippen molar-refractivity contribution in [3.05, 3.63) is 206 Å². The van der Waals surface area contributed by atoms with Gasteiger partial charge in [-0.2, -0.15) is 0 Å². The molecule has 0 spiro atoms. The van der Waals surface area contributed by atoms with E-state index in [1.165, 1.54) is 43.4 Å². The molecule has 252 valence electrons. The summed E-state index contributed by atoms with van der Waals surface area (Å²) in [5.74, 6) is 0.706. The highest BCUT2D eigenvalue weighted by atomic mass is 14.9. The van der Waals surface area contributed by atoms with E-state index < -0.39 is 0 Å². The Bertz CT molecular complexity index is 2880. The number of nitrogens with zero attached hydrogens (tertiary/aromatic N) is 2. The third-order valence-corrected chi connectivity index (χ3v) is 10.4. The molecule has 0 aliphatic carbocycles. The highest BCUT2D eigenvalue weighted by molar-refractivity contribution is 6.25. The van der Waals surface area contributed by atoms with Gasteiger partial charge in [0.2, 0.25) is 0 Å². The Balaban J connectivity index is 1.14. The lowest BCUT2D eigenvalue weighted by Gasteiger charge is -2.14. The summed E-state index contributed by atoms with van der Waals surface area (Å²) in [5, 5.41) is 7.69. The van der Waals surface area contributed by atoms with Crippen LogP contribution in [0.4, 0.5) is 0 Å². The molecule has 0 atom stereocenters. The maximum absolute atomic E-state index is 5.20. The van der Waals surface area contributed by atoms with Gasteiger partial charge in [-0.1, -0.05) is 170 Å². The molecule has 2 heteroatoms. The van der Waals surface area contributed by atoms with Crippen molar-refractivity contribution in [1.29, 1.82) is 0 Å². The van der Waals surface area contributed by atoms with E-state index in [0.717, 1.165) is 50.3 Å². The largest absolute Gasteiger partial charge is 0.228 e. The lowest BCUT2D eigenvalue weighted by molar-refractivity contribution is 1.18. The van der Waals surface area contributed by atoms with Crippen LogP contribution < -0.4 is 0 Å². The van der Waals surface area contributed by atoms with Crippen molar-refractivity contribution in [3.63, 3.8) is 0 Å².